The van der Waals surface area contributed by atoms with Crippen LogP contribution in [0.2, 0.25) is 0 Å². The molecule has 2 aliphatic heterocycles. The van der Waals surface area contributed by atoms with Crippen LogP contribution in [0, 0.1) is 23.7 Å². The Balaban J connectivity index is 1.24. The summed E-state index contributed by atoms with van der Waals surface area (Å²) in [6.07, 6.45) is 6.52. The Labute approximate surface area is 224 Å². The van der Waals surface area contributed by atoms with Gasteiger partial charge in [0.05, 0.1) is 29.1 Å². The number of imide groups is 1. The van der Waals surface area contributed by atoms with Crippen molar-refractivity contribution in [2.24, 2.45) is 28.8 Å². The van der Waals surface area contributed by atoms with E-state index in [9.17, 15) is 9.59 Å². The summed E-state index contributed by atoms with van der Waals surface area (Å²) in [5.41, 5.74) is 1.55. The SMILES string of the molecule is CCOc1cc(C=NN2C(=O)[C@@H]3[C@H](C2=O)[C@H]2C=C[C@H]3C2)c(Br)c(Br)c1OCc1ccc2c(c1)OCO2. The van der Waals surface area contributed by atoms with Gasteiger partial charge in [0.2, 0.25) is 6.79 Å². The Hall–Kier alpha value is -2.85. The second-order valence-corrected chi connectivity index (χ2v) is 10.6. The standard InChI is InChI=1S/C26H22Br2N2O6/c1-2-33-19-9-16(10-29-30-25(31)20-14-4-5-15(8-14)21(20)26(30)32)22(27)23(28)24(19)34-11-13-3-6-17-18(7-13)36-12-35-17/h3-7,9-10,14-15,20-21H,2,8,11-12H2,1H3/t14-,15-,20-,21+/m0/s1. The molecular weight excluding hydrogens is 596 g/mol. The van der Waals surface area contributed by atoms with Gasteiger partial charge in [-0.1, -0.05) is 18.2 Å². The highest BCUT2D eigenvalue weighted by atomic mass is 79.9. The molecule has 2 aromatic carbocycles. The molecule has 36 heavy (non-hydrogen) atoms. The van der Waals surface area contributed by atoms with Crippen LogP contribution in [-0.4, -0.2) is 36.4 Å². The number of amides is 2. The molecule has 4 aliphatic rings. The van der Waals surface area contributed by atoms with E-state index in [0.717, 1.165) is 17.0 Å². The Kier molecular flexibility index (Phi) is 6.03. The maximum absolute atomic E-state index is 12.9. The van der Waals surface area contributed by atoms with Crippen LogP contribution in [0.1, 0.15) is 24.5 Å². The van der Waals surface area contributed by atoms with Crippen molar-refractivity contribution in [2.45, 2.75) is 20.0 Å². The lowest BCUT2D eigenvalue weighted by Crippen LogP contribution is -2.28. The van der Waals surface area contributed by atoms with Gasteiger partial charge in [0.1, 0.15) is 6.61 Å². The fourth-order valence-corrected chi connectivity index (χ4v) is 6.34. The maximum atomic E-state index is 12.9. The molecule has 4 atom stereocenters. The number of hydrogen-bond donors (Lipinski definition) is 0. The Morgan fingerprint density at radius 2 is 1.75 bits per heavy atom. The lowest BCUT2D eigenvalue weighted by molar-refractivity contribution is -0.140. The number of allylic oxidation sites excluding steroid dienone is 2. The van der Waals surface area contributed by atoms with Gasteiger partial charge < -0.3 is 18.9 Å². The smallest absolute Gasteiger partial charge is 0.254 e. The zero-order chi connectivity index (χ0) is 25.0. The number of carbonyl (C=O) groups is 2. The minimum atomic E-state index is -0.286. The van der Waals surface area contributed by atoms with Gasteiger partial charge in [0.25, 0.3) is 11.8 Å². The molecule has 2 aromatic rings. The van der Waals surface area contributed by atoms with E-state index in [0.29, 0.717) is 44.1 Å². The van der Waals surface area contributed by atoms with Crippen LogP contribution in [0.15, 0.2) is 50.5 Å². The molecule has 6 rings (SSSR count). The van der Waals surface area contributed by atoms with Gasteiger partial charge in [-0.25, -0.2) is 0 Å². The number of halogens is 2. The molecule has 0 N–H and O–H groups in total. The Bertz CT molecular complexity index is 1300. The van der Waals surface area contributed by atoms with Gasteiger partial charge in [0, 0.05) is 10.0 Å². The van der Waals surface area contributed by atoms with Crippen molar-refractivity contribution in [3.8, 4) is 23.0 Å². The molecule has 1 saturated heterocycles. The van der Waals surface area contributed by atoms with E-state index in [1.807, 2.05) is 25.1 Å². The fourth-order valence-electron chi connectivity index (χ4n) is 5.40. The van der Waals surface area contributed by atoms with Crippen LogP contribution in [0.25, 0.3) is 0 Å². The number of benzene rings is 2. The van der Waals surface area contributed by atoms with Crippen molar-refractivity contribution >= 4 is 49.9 Å². The summed E-state index contributed by atoms with van der Waals surface area (Å²) in [7, 11) is 0. The number of hydrogen-bond acceptors (Lipinski definition) is 7. The maximum Gasteiger partial charge on any atom is 0.254 e. The van der Waals surface area contributed by atoms with Gasteiger partial charge in [-0.3, -0.25) is 9.59 Å². The Morgan fingerprint density at radius 3 is 2.47 bits per heavy atom. The van der Waals surface area contributed by atoms with Crippen LogP contribution in [0.4, 0.5) is 0 Å². The average Bonchev–Trinajstić information content (AvgIpc) is 3.65. The van der Waals surface area contributed by atoms with E-state index in [1.54, 1.807) is 6.07 Å². The second-order valence-electron chi connectivity index (χ2n) is 9.06. The number of nitrogens with zero attached hydrogens (tertiary/aromatic N) is 2. The number of rotatable bonds is 7. The van der Waals surface area contributed by atoms with Crippen molar-refractivity contribution in [3.63, 3.8) is 0 Å². The summed E-state index contributed by atoms with van der Waals surface area (Å²) in [5, 5.41) is 5.34. The summed E-state index contributed by atoms with van der Waals surface area (Å²) < 4.78 is 24.1. The van der Waals surface area contributed by atoms with Gasteiger partial charge in [-0.2, -0.15) is 10.1 Å². The van der Waals surface area contributed by atoms with Crippen molar-refractivity contribution < 1.29 is 28.5 Å². The zero-order valence-corrected chi connectivity index (χ0v) is 22.5. The first-order valence-corrected chi connectivity index (χ1v) is 13.3. The van der Waals surface area contributed by atoms with E-state index in [2.05, 4.69) is 49.1 Å². The van der Waals surface area contributed by atoms with E-state index in [4.69, 9.17) is 18.9 Å². The fraction of sp³-hybridized carbons (Fsp3) is 0.346. The molecule has 2 fully saturated rings. The van der Waals surface area contributed by atoms with Crippen LogP contribution < -0.4 is 18.9 Å². The normalized spacial score (nSPS) is 25.4. The van der Waals surface area contributed by atoms with Gasteiger partial charge in [-0.05, 0) is 80.8 Å². The van der Waals surface area contributed by atoms with E-state index in [1.165, 1.54) is 6.21 Å². The van der Waals surface area contributed by atoms with Crippen LogP contribution >= 0.6 is 31.9 Å². The molecule has 0 unspecified atom stereocenters. The zero-order valence-electron chi connectivity index (χ0n) is 19.3. The molecule has 10 heteroatoms. The predicted molar refractivity (Wildman–Crippen MR) is 137 cm³/mol. The summed E-state index contributed by atoms with van der Waals surface area (Å²) in [4.78, 5) is 25.9. The number of carbonyl (C=O) groups excluding carboxylic acids is 2. The molecule has 186 valence electrons. The first-order chi connectivity index (χ1) is 17.5. The highest BCUT2D eigenvalue weighted by molar-refractivity contribution is 9.13. The van der Waals surface area contributed by atoms with E-state index < -0.39 is 0 Å². The molecular formula is C26H22Br2N2O6. The lowest BCUT2D eigenvalue weighted by atomic mass is 9.85. The monoisotopic (exact) mass is 616 g/mol. The molecule has 2 heterocycles. The minimum Gasteiger partial charge on any atom is -0.490 e. The van der Waals surface area contributed by atoms with Gasteiger partial charge in [-0.15, -0.1) is 0 Å². The molecule has 2 bridgehead atoms. The summed E-state index contributed by atoms with van der Waals surface area (Å²) in [6.45, 7) is 2.80. The highest BCUT2D eigenvalue weighted by Crippen LogP contribution is 2.52. The molecule has 0 spiro atoms. The number of ether oxygens (including phenoxy) is 4. The first-order valence-electron chi connectivity index (χ1n) is 11.7. The summed E-state index contributed by atoms with van der Waals surface area (Å²) >= 11 is 7.19. The third-order valence-corrected chi connectivity index (χ3v) is 9.18. The summed E-state index contributed by atoms with van der Waals surface area (Å²) in [5.74, 6) is 1.69. The number of hydrazone groups is 1. The first kappa shape index (κ1) is 23.5. The molecule has 0 aromatic heterocycles. The second kappa shape index (κ2) is 9.23. The van der Waals surface area contributed by atoms with E-state index in [-0.39, 0.29) is 48.9 Å². The molecule has 1 saturated carbocycles. The minimum absolute atomic E-state index is 0.142. The molecule has 2 aliphatic carbocycles. The average molecular weight is 618 g/mol. The molecule has 8 nitrogen and oxygen atoms in total. The van der Waals surface area contributed by atoms with Crippen LogP contribution in [0.3, 0.4) is 0 Å². The predicted octanol–water partition coefficient (Wildman–Crippen LogP) is 5.06. The number of fused-ring (bicyclic) bond motifs is 6. The van der Waals surface area contributed by atoms with Crippen LogP contribution in [-0.2, 0) is 16.2 Å². The molecule has 0 radical (unpaired) electrons. The molecule has 2 amide bonds. The van der Waals surface area contributed by atoms with Crippen molar-refractivity contribution in [1.82, 2.24) is 5.01 Å². The highest BCUT2D eigenvalue weighted by Gasteiger charge is 2.59. The lowest BCUT2D eigenvalue weighted by Gasteiger charge is -2.17. The third-order valence-electron chi connectivity index (χ3n) is 7.04. The van der Waals surface area contributed by atoms with Gasteiger partial charge in [0.15, 0.2) is 23.0 Å². The topological polar surface area (TPSA) is 86.7 Å². The third kappa shape index (κ3) is 3.82. The van der Waals surface area contributed by atoms with Crippen molar-refractivity contribution in [1.29, 1.82) is 0 Å². The van der Waals surface area contributed by atoms with E-state index >= 15 is 0 Å². The summed E-state index contributed by atoms with van der Waals surface area (Å²) in [6, 6.07) is 7.42. The van der Waals surface area contributed by atoms with Gasteiger partial charge >= 0.3 is 0 Å². The Morgan fingerprint density at radius 1 is 1.03 bits per heavy atom. The van der Waals surface area contributed by atoms with Crippen molar-refractivity contribution in [3.05, 3.63) is 56.5 Å². The largest absolute Gasteiger partial charge is 0.490 e. The van der Waals surface area contributed by atoms with Crippen molar-refractivity contribution in [2.75, 3.05) is 13.4 Å². The van der Waals surface area contributed by atoms with Crippen LogP contribution in [0.5, 0.6) is 23.0 Å². The quantitative estimate of drug-likeness (QED) is 0.245.